The number of carbonyl (C=O) groups is 1. The molecule has 146 valence electrons. The van der Waals surface area contributed by atoms with Gasteiger partial charge in [0.25, 0.3) is 0 Å². The number of aryl methyl sites for hydroxylation is 2. The molecule has 1 heterocycles. The fraction of sp³-hybridized carbons (Fsp3) is 0.318. The highest BCUT2D eigenvalue weighted by Gasteiger charge is 2.19. The van der Waals surface area contributed by atoms with Crippen molar-refractivity contribution in [1.29, 1.82) is 0 Å². The maximum atomic E-state index is 12.7. The highest BCUT2D eigenvalue weighted by molar-refractivity contribution is 7.99. The van der Waals surface area contributed by atoms with Crippen LogP contribution < -0.4 is 4.74 Å². The number of hydrogen-bond donors (Lipinski definition) is 0. The second-order valence-corrected chi connectivity index (χ2v) is 7.97. The number of aromatic nitrogens is 3. The molecule has 0 spiro atoms. The quantitative estimate of drug-likeness (QED) is 0.410. The molecule has 0 aliphatic heterocycles. The molecule has 3 rings (SSSR count). The molecule has 0 radical (unpaired) electrons. The smallest absolute Gasteiger partial charge is 0.192 e. The van der Waals surface area contributed by atoms with Crippen LogP contribution in [-0.4, -0.2) is 33.4 Å². The Kier molecular flexibility index (Phi) is 6.19. The molecule has 3 aromatic rings. The molecule has 0 fully saturated rings. The maximum absolute atomic E-state index is 12.7. The van der Waals surface area contributed by atoms with E-state index in [9.17, 15) is 4.79 Å². The van der Waals surface area contributed by atoms with Gasteiger partial charge in [0.1, 0.15) is 5.75 Å². The summed E-state index contributed by atoms with van der Waals surface area (Å²) in [4.78, 5) is 12.7. The first-order valence-corrected chi connectivity index (χ1v) is 10.2. The molecule has 5 nitrogen and oxygen atoms in total. The van der Waals surface area contributed by atoms with Crippen LogP contribution in [0.2, 0.25) is 0 Å². The Morgan fingerprint density at radius 3 is 2.46 bits per heavy atom. The summed E-state index contributed by atoms with van der Waals surface area (Å²) in [5.74, 6) is 2.03. The van der Waals surface area contributed by atoms with Crippen molar-refractivity contribution in [2.24, 2.45) is 0 Å². The van der Waals surface area contributed by atoms with E-state index in [-0.39, 0.29) is 11.8 Å². The molecule has 1 aromatic heterocycles. The molecule has 0 bridgehead atoms. The third-order valence-electron chi connectivity index (χ3n) is 4.55. The van der Waals surface area contributed by atoms with Gasteiger partial charge in [-0.3, -0.25) is 9.36 Å². The number of thioether (sulfide) groups is 1. The minimum Gasteiger partial charge on any atom is -0.497 e. The zero-order valence-corrected chi connectivity index (χ0v) is 17.7. The van der Waals surface area contributed by atoms with E-state index in [0.29, 0.717) is 5.75 Å². The molecular formula is C22H25N3O2S. The number of rotatable bonds is 7. The van der Waals surface area contributed by atoms with Crippen molar-refractivity contribution >= 4 is 17.5 Å². The summed E-state index contributed by atoms with van der Waals surface area (Å²) in [6.45, 7) is 8.15. The maximum Gasteiger partial charge on any atom is 0.192 e. The number of ketones is 1. The van der Waals surface area contributed by atoms with Crippen molar-refractivity contribution in [3.8, 4) is 17.1 Å². The molecule has 0 saturated carbocycles. The largest absolute Gasteiger partial charge is 0.497 e. The summed E-state index contributed by atoms with van der Waals surface area (Å²) in [5.41, 5.74) is 3.83. The average Bonchev–Trinajstić information content (AvgIpc) is 3.12. The summed E-state index contributed by atoms with van der Waals surface area (Å²) < 4.78 is 7.30. The summed E-state index contributed by atoms with van der Waals surface area (Å²) in [6, 6.07) is 13.9. The SMILES string of the molecule is COc1ccc(-c2nnc(SCC(=O)c3cc(C)ccc3C)n2C(C)C)cc1. The normalized spacial score (nSPS) is 11.1. The van der Waals surface area contributed by atoms with E-state index in [0.717, 1.165) is 39.0 Å². The van der Waals surface area contributed by atoms with Crippen molar-refractivity contribution in [3.63, 3.8) is 0 Å². The van der Waals surface area contributed by atoms with Crippen molar-refractivity contribution < 1.29 is 9.53 Å². The third-order valence-corrected chi connectivity index (χ3v) is 5.50. The number of Topliss-reactive ketones (excluding diaryl/α,β-unsaturated/α-hetero) is 1. The Labute approximate surface area is 170 Å². The highest BCUT2D eigenvalue weighted by atomic mass is 32.2. The first kappa shape index (κ1) is 20.1. The second kappa shape index (κ2) is 8.61. The lowest BCUT2D eigenvalue weighted by Gasteiger charge is -2.14. The van der Waals surface area contributed by atoms with Crippen LogP contribution >= 0.6 is 11.8 Å². The Hall–Kier alpha value is -2.60. The van der Waals surface area contributed by atoms with Crippen LogP contribution in [0.1, 0.15) is 41.4 Å². The van der Waals surface area contributed by atoms with E-state index in [1.54, 1.807) is 7.11 Å². The third kappa shape index (κ3) is 4.28. The van der Waals surface area contributed by atoms with Crippen molar-refractivity contribution in [2.45, 2.75) is 38.9 Å². The molecule has 0 aliphatic rings. The fourth-order valence-corrected chi connectivity index (χ4v) is 3.97. The first-order valence-electron chi connectivity index (χ1n) is 9.23. The van der Waals surface area contributed by atoms with Gasteiger partial charge in [-0.05, 0) is 63.6 Å². The van der Waals surface area contributed by atoms with E-state index in [2.05, 4.69) is 28.6 Å². The van der Waals surface area contributed by atoms with E-state index >= 15 is 0 Å². The van der Waals surface area contributed by atoms with E-state index < -0.39 is 0 Å². The number of methoxy groups -OCH3 is 1. The number of carbonyl (C=O) groups excluding carboxylic acids is 1. The van der Waals surface area contributed by atoms with E-state index in [1.165, 1.54) is 11.8 Å². The van der Waals surface area contributed by atoms with Gasteiger partial charge in [0, 0.05) is 17.2 Å². The van der Waals surface area contributed by atoms with Crippen LogP contribution in [0.25, 0.3) is 11.4 Å². The lowest BCUT2D eigenvalue weighted by Crippen LogP contribution is -2.09. The number of benzene rings is 2. The minimum absolute atomic E-state index is 0.107. The predicted octanol–water partition coefficient (Wildman–Crippen LogP) is 5.13. The molecule has 0 N–H and O–H groups in total. The zero-order valence-electron chi connectivity index (χ0n) is 16.9. The van der Waals surface area contributed by atoms with Crippen LogP contribution in [0.15, 0.2) is 47.6 Å². The zero-order chi connectivity index (χ0) is 20.3. The second-order valence-electron chi connectivity index (χ2n) is 7.03. The molecule has 0 unspecified atom stereocenters. The van der Waals surface area contributed by atoms with E-state index in [1.807, 2.05) is 56.3 Å². The molecule has 0 saturated heterocycles. The fourth-order valence-electron chi connectivity index (χ4n) is 3.02. The van der Waals surface area contributed by atoms with Crippen LogP contribution in [0.3, 0.4) is 0 Å². The molecule has 0 aliphatic carbocycles. The van der Waals surface area contributed by atoms with Gasteiger partial charge in [-0.15, -0.1) is 10.2 Å². The standard InChI is InChI=1S/C22H25N3O2S/c1-14(2)25-21(17-8-10-18(27-5)11-9-17)23-24-22(25)28-13-20(26)19-12-15(3)6-7-16(19)4/h6-12,14H,13H2,1-5H3. The summed E-state index contributed by atoms with van der Waals surface area (Å²) in [7, 11) is 1.65. The van der Waals surface area contributed by atoms with Gasteiger partial charge in [-0.1, -0.05) is 29.5 Å². The number of ether oxygens (including phenoxy) is 1. The predicted molar refractivity (Wildman–Crippen MR) is 113 cm³/mol. The number of nitrogens with zero attached hydrogens (tertiary/aromatic N) is 3. The first-order chi connectivity index (χ1) is 13.4. The van der Waals surface area contributed by atoms with Crippen LogP contribution in [0.4, 0.5) is 0 Å². The molecule has 6 heteroatoms. The van der Waals surface area contributed by atoms with Gasteiger partial charge in [0.05, 0.1) is 12.9 Å². The highest BCUT2D eigenvalue weighted by Crippen LogP contribution is 2.29. The lowest BCUT2D eigenvalue weighted by molar-refractivity contribution is 0.102. The van der Waals surface area contributed by atoms with Crippen molar-refractivity contribution in [2.75, 3.05) is 12.9 Å². The molecule has 0 atom stereocenters. The Bertz CT molecular complexity index is 978. The molecular weight excluding hydrogens is 370 g/mol. The molecule has 2 aromatic carbocycles. The number of hydrogen-bond acceptors (Lipinski definition) is 5. The van der Waals surface area contributed by atoms with Gasteiger partial charge in [-0.2, -0.15) is 0 Å². The van der Waals surface area contributed by atoms with Gasteiger partial charge in [0.15, 0.2) is 16.8 Å². The van der Waals surface area contributed by atoms with Crippen molar-refractivity contribution in [3.05, 3.63) is 59.2 Å². The summed E-state index contributed by atoms with van der Waals surface area (Å²) >= 11 is 1.43. The van der Waals surface area contributed by atoms with Crippen LogP contribution in [0.5, 0.6) is 5.75 Å². The average molecular weight is 396 g/mol. The van der Waals surface area contributed by atoms with Crippen LogP contribution in [0, 0.1) is 13.8 Å². The van der Waals surface area contributed by atoms with Gasteiger partial charge < -0.3 is 4.74 Å². The Morgan fingerprint density at radius 1 is 1.11 bits per heavy atom. The summed E-state index contributed by atoms with van der Waals surface area (Å²) in [5, 5.41) is 9.49. The Morgan fingerprint density at radius 2 is 1.82 bits per heavy atom. The van der Waals surface area contributed by atoms with Crippen molar-refractivity contribution in [1.82, 2.24) is 14.8 Å². The van der Waals surface area contributed by atoms with E-state index in [4.69, 9.17) is 4.74 Å². The lowest BCUT2D eigenvalue weighted by atomic mass is 10.0. The molecule has 28 heavy (non-hydrogen) atoms. The monoisotopic (exact) mass is 395 g/mol. The molecule has 0 amide bonds. The van der Waals surface area contributed by atoms with Gasteiger partial charge in [0.2, 0.25) is 0 Å². The Balaban J connectivity index is 1.83. The van der Waals surface area contributed by atoms with Gasteiger partial charge >= 0.3 is 0 Å². The minimum atomic E-state index is 0.107. The topological polar surface area (TPSA) is 57.0 Å². The summed E-state index contributed by atoms with van der Waals surface area (Å²) in [6.07, 6.45) is 0. The van der Waals surface area contributed by atoms with Crippen LogP contribution in [-0.2, 0) is 0 Å². The van der Waals surface area contributed by atoms with Gasteiger partial charge in [-0.25, -0.2) is 0 Å².